The van der Waals surface area contributed by atoms with Crippen molar-refractivity contribution in [2.75, 3.05) is 25.9 Å². The Morgan fingerprint density at radius 2 is 2.03 bits per heavy atom. The molecule has 3 heterocycles. The summed E-state index contributed by atoms with van der Waals surface area (Å²) in [6.45, 7) is 1.37. The third-order valence-corrected chi connectivity index (χ3v) is 5.46. The van der Waals surface area contributed by atoms with E-state index in [0.29, 0.717) is 13.0 Å². The van der Waals surface area contributed by atoms with E-state index in [1.807, 2.05) is 47.4 Å². The molecule has 0 saturated carbocycles. The first-order chi connectivity index (χ1) is 14.6. The summed E-state index contributed by atoms with van der Waals surface area (Å²) in [6, 6.07) is 13.4. The van der Waals surface area contributed by atoms with Crippen molar-refractivity contribution >= 4 is 11.9 Å². The summed E-state index contributed by atoms with van der Waals surface area (Å²) >= 11 is 0. The van der Waals surface area contributed by atoms with E-state index in [4.69, 9.17) is 10.5 Å². The maximum atomic E-state index is 12.9. The van der Waals surface area contributed by atoms with Crippen molar-refractivity contribution in [2.45, 2.75) is 25.2 Å². The predicted molar refractivity (Wildman–Crippen MR) is 115 cm³/mol. The molecule has 1 aliphatic heterocycles. The third kappa shape index (κ3) is 4.40. The number of likely N-dealkylation sites (tertiary alicyclic amines) is 1. The first-order valence-electron chi connectivity index (χ1n) is 10.1. The Hall–Kier alpha value is -3.48. The van der Waals surface area contributed by atoms with Gasteiger partial charge in [-0.25, -0.2) is 9.97 Å². The summed E-state index contributed by atoms with van der Waals surface area (Å²) in [5, 5.41) is 0. The summed E-state index contributed by atoms with van der Waals surface area (Å²) < 4.78 is 5.26. The van der Waals surface area contributed by atoms with Crippen LogP contribution in [0, 0.1) is 0 Å². The summed E-state index contributed by atoms with van der Waals surface area (Å²) in [7, 11) is 1.64. The Labute approximate surface area is 175 Å². The number of hydrogen-bond acceptors (Lipinski definition) is 6. The van der Waals surface area contributed by atoms with Crippen molar-refractivity contribution in [1.29, 1.82) is 0 Å². The fourth-order valence-electron chi connectivity index (χ4n) is 3.91. The highest BCUT2D eigenvalue weighted by atomic mass is 16.5. The second kappa shape index (κ2) is 8.90. The molecule has 1 amide bonds. The molecule has 1 unspecified atom stereocenters. The van der Waals surface area contributed by atoms with Gasteiger partial charge in [0.2, 0.25) is 11.9 Å². The van der Waals surface area contributed by atoms with Crippen molar-refractivity contribution in [1.82, 2.24) is 19.9 Å². The van der Waals surface area contributed by atoms with Gasteiger partial charge in [0.05, 0.1) is 19.2 Å². The van der Waals surface area contributed by atoms with Gasteiger partial charge in [-0.3, -0.25) is 9.78 Å². The second-order valence-corrected chi connectivity index (χ2v) is 7.43. The molecule has 1 atom stereocenters. The molecule has 0 aliphatic carbocycles. The van der Waals surface area contributed by atoms with Crippen molar-refractivity contribution in [2.24, 2.45) is 0 Å². The normalized spacial score (nSPS) is 16.3. The van der Waals surface area contributed by atoms with Crippen LogP contribution in [0.1, 0.15) is 30.1 Å². The Kier molecular flexibility index (Phi) is 5.88. The van der Waals surface area contributed by atoms with Gasteiger partial charge in [-0.15, -0.1) is 0 Å². The quantitative estimate of drug-likeness (QED) is 0.704. The molecule has 0 spiro atoms. The van der Waals surface area contributed by atoms with E-state index in [1.165, 1.54) is 0 Å². The van der Waals surface area contributed by atoms with Crippen LogP contribution in [0.2, 0.25) is 0 Å². The van der Waals surface area contributed by atoms with Gasteiger partial charge < -0.3 is 15.4 Å². The number of methoxy groups -OCH3 is 1. The van der Waals surface area contributed by atoms with Gasteiger partial charge >= 0.3 is 0 Å². The van der Waals surface area contributed by atoms with E-state index in [2.05, 4.69) is 15.0 Å². The highest BCUT2D eigenvalue weighted by Gasteiger charge is 2.28. The zero-order chi connectivity index (χ0) is 20.9. The van der Waals surface area contributed by atoms with E-state index in [-0.39, 0.29) is 17.8 Å². The zero-order valence-corrected chi connectivity index (χ0v) is 17.0. The fraction of sp³-hybridized carbons (Fsp3) is 0.304. The Balaban J connectivity index is 1.57. The minimum Gasteiger partial charge on any atom is -0.497 e. The number of nitrogen functional groups attached to an aromatic ring is 1. The standard InChI is InChI=1S/C23H25N5O2/c1-30-19-9-7-16(8-10-19)20-14-26-23(24)27-22(20)17-5-4-12-28(15-17)21(29)13-18-6-2-3-11-25-18/h2-3,6-11,14,17H,4-5,12-13,15H2,1H3,(H2,24,26,27). The average Bonchev–Trinajstić information content (AvgIpc) is 2.80. The van der Waals surface area contributed by atoms with Gasteiger partial charge in [-0.05, 0) is 42.7 Å². The lowest BCUT2D eigenvalue weighted by atomic mass is 9.89. The van der Waals surface area contributed by atoms with Gasteiger partial charge in [0.25, 0.3) is 0 Å². The van der Waals surface area contributed by atoms with Gasteiger partial charge in [0, 0.05) is 42.7 Å². The molecule has 3 aromatic rings. The van der Waals surface area contributed by atoms with Crippen LogP contribution in [0.15, 0.2) is 54.9 Å². The van der Waals surface area contributed by atoms with Gasteiger partial charge in [0.15, 0.2) is 0 Å². The van der Waals surface area contributed by atoms with Crippen LogP contribution in [0.4, 0.5) is 5.95 Å². The lowest BCUT2D eigenvalue weighted by Gasteiger charge is -2.33. The number of pyridine rings is 1. The van der Waals surface area contributed by atoms with Crippen LogP contribution >= 0.6 is 0 Å². The zero-order valence-electron chi connectivity index (χ0n) is 17.0. The van der Waals surface area contributed by atoms with Crippen LogP contribution in [-0.4, -0.2) is 46.0 Å². The predicted octanol–water partition coefficient (Wildman–Crippen LogP) is 3.08. The minimum absolute atomic E-state index is 0.0893. The molecular weight excluding hydrogens is 378 g/mol. The lowest BCUT2D eigenvalue weighted by molar-refractivity contribution is -0.131. The average molecular weight is 403 g/mol. The first kappa shape index (κ1) is 19.8. The van der Waals surface area contributed by atoms with E-state index in [0.717, 1.165) is 47.7 Å². The molecule has 0 bridgehead atoms. The van der Waals surface area contributed by atoms with Crippen molar-refractivity contribution < 1.29 is 9.53 Å². The molecule has 1 saturated heterocycles. The number of nitrogens with zero attached hydrogens (tertiary/aromatic N) is 4. The minimum atomic E-state index is 0.0893. The Morgan fingerprint density at radius 3 is 2.77 bits per heavy atom. The number of ether oxygens (including phenoxy) is 1. The van der Waals surface area contributed by atoms with E-state index in [9.17, 15) is 4.79 Å². The molecule has 7 nitrogen and oxygen atoms in total. The number of carbonyl (C=O) groups excluding carboxylic acids is 1. The highest BCUT2D eigenvalue weighted by Crippen LogP contribution is 2.34. The van der Waals surface area contributed by atoms with Gasteiger partial charge in [0.1, 0.15) is 5.75 Å². The number of aromatic nitrogens is 3. The number of amides is 1. The number of carbonyl (C=O) groups is 1. The van der Waals surface area contributed by atoms with Crippen molar-refractivity contribution in [3.63, 3.8) is 0 Å². The molecule has 2 N–H and O–H groups in total. The molecular formula is C23H25N5O2. The van der Waals surface area contributed by atoms with E-state index in [1.54, 1.807) is 19.5 Å². The van der Waals surface area contributed by atoms with E-state index < -0.39 is 0 Å². The summed E-state index contributed by atoms with van der Waals surface area (Å²) in [6.07, 6.45) is 5.67. The number of rotatable bonds is 5. The Morgan fingerprint density at radius 1 is 1.20 bits per heavy atom. The smallest absolute Gasteiger partial charge is 0.228 e. The topological polar surface area (TPSA) is 94.2 Å². The summed E-state index contributed by atoms with van der Waals surface area (Å²) in [5.41, 5.74) is 9.55. The second-order valence-electron chi connectivity index (χ2n) is 7.43. The van der Waals surface area contributed by atoms with Crippen LogP contribution in [0.25, 0.3) is 11.1 Å². The summed E-state index contributed by atoms with van der Waals surface area (Å²) in [5.74, 6) is 1.24. The lowest BCUT2D eigenvalue weighted by Crippen LogP contribution is -2.40. The monoisotopic (exact) mass is 403 g/mol. The molecule has 154 valence electrons. The SMILES string of the molecule is COc1ccc(-c2cnc(N)nc2C2CCCN(C(=O)Cc3ccccn3)C2)cc1. The maximum Gasteiger partial charge on any atom is 0.228 e. The summed E-state index contributed by atoms with van der Waals surface area (Å²) in [4.78, 5) is 27.8. The third-order valence-electron chi connectivity index (χ3n) is 5.46. The molecule has 1 fully saturated rings. The van der Waals surface area contributed by atoms with E-state index >= 15 is 0 Å². The van der Waals surface area contributed by atoms with Crippen LogP contribution in [-0.2, 0) is 11.2 Å². The van der Waals surface area contributed by atoms with Crippen LogP contribution < -0.4 is 10.5 Å². The Bertz CT molecular complexity index is 1010. The fourth-order valence-corrected chi connectivity index (χ4v) is 3.91. The van der Waals surface area contributed by atoms with Crippen molar-refractivity contribution in [3.05, 3.63) is 66.2 Å². The molecule has 1 aromatic carbocycles. The number of anilines is 1. The molecule has 7 heteroatoms. The number of nitrogens with two attached hydrogens (primary N) is 1. The number of benzene rings is 1. The molecule has 2 aromatic heterocycles. The van der Waals surface area contributed by atoms with Gasteiger partial charge in [-0.2, -0.15) is 0 Å². The number of hydrogen-bond donors (Lipinski definition) is 1. The van der Waals surface area contributed by atoms with Crippen LogP contribution in [0.3, 0.4) is 0 Å². The van der Waals surface area contributed by atoms with Crippen molar-refractivity contribution in [3.8, 4) is 16.9 Å². The largest absolute Gasteiger partial charge is 0.497 e. The number of piperidine rings is 1. The van der Waals surface area contributed by atoms with Gasteiger partial charge in [-0.1, -0.05) is 18.2 Å². The first-order valence-corrected chi connectivity index (χ1v) is 10.1. The molecule has 0 radical (unpaired) electrons. The molecule has 30 heavy (non-hydrogen) atoms. The van der Waals surface area contributed by atoms with Crippen LogP contribution in [0.5, 0.6) is 5.75 Å². The molecule has 1 aliphatic rings. The highest BCUT2D eigenvalue weighted by molar-refractivity contribution is 5.78. The molecule has 4 rings (SSSR count). The maximum absolute atomic E-state index is 12.9.